The third-order valence-electron chi connectivity index (χ3n) is 2.00. The van der Waals surface area contributed by atoms with Crippen molar-refractivity contribution in [1.29, 1.82) is 0 Å². The predicted molar refractivity (Wildman–Crippen MR) is 60.8 cm³/mol. The quantitative estimate of drug-likeness (QED) is 0.740. The lowest BCUT2D eigenvalue weighted by Gasteiger charge is -2.11. The topological polar surface area (TPSA) is 52.6 Å². The highest BCUT2D eigenvalue weighted by molar-refractivity contribution is 7.86. The van der Waals surface area contributed by atoms with E-state index in [-0.39, 0.29) is 11.5 Å². The van der Waals surface area contributed by atoms with E-state index in [1.165, 1.54) is 19.2 Å². The second kappa shape index (κ2) is 5.43. The van der Waals surface area contributed by atoms with Crippen LogP contribution in [0.3, 0.4) is 0 Å². The zero-order valence-electron chi connectivity index (χ0n) is 9.64. The van der Waals surface area contributed by atoms with Gasteiger partial charge in [0.15, 0.2) is 0 Å². The van der Waals surface area contributed by atoms with E-state index in [9.17, 15) is 8.42 Å². The Morgan fingerprint density at radius 3 is 2.31 bits per heavy atom. The molecule has 16 heavy (non-hydrogen) atoms. The van der Waals surface area contributed by atoms with Crippen LogP contribution < -0.4 is 0 Å². The maximum absolute atomic E-state index is 11.8. The van der Waals surface area contributed by atoms with Crippen molar-refractivity contribution < 1.29 is 17.3 Å². The second-order valence-corrected chi connectivity index (χ2v) is 5.20. The van der Waals surface area contributed by atoms with Crippen molar-refractivity contribution in [3.8, 4) is 0 Å². The standard InChI is InChI=1S/C11H16O4S/c1-9-4-6-11(7-5-9)16(12,13)15-10(2)8-14-3/h4-7,10H,8H2,1-3H3/t10-/m0/s1. The Morgan fingerprint density at radius 1 is 1.25 bits per heavy atom. The van der Waals surface area contributed by atoms with E-state index in [0.717, 1.165) is 5.56 Å². The fourth-order valence-electron chi connectivity index (χ4n) is 1.24. The molecule has 1 aromatic rings. The minimum Gasteiger partial charge on any atom is -0.382 e. The summed E-state index contributed by atoms with van der Waals surface area (Å²) in [5.41, 5.74) is 1.00. The van der Waals surface area contributed by atoms with Gasteiger partial charge in [-0.05, 0) is 26.0 Å². The smallest absolute Gasteiger partial charge is 0.297 e. The lowest BCUT2D eigenvalue weighted by molar-refractivity contribution is 0.0962. The maximum atomic E-state index is 11.8. The van der Waals surface area contributed by atoms with Crippen molar-refractivity contribution >= 4 is 10.1 Å². The summed E-state index contributed by atoms with van der Waals surface area (Å²) < 4.78 is 33.3. The Morgan fingerprint density at radius 2 is 1.81 bits per heavy atom. The zero-order valence-corrected chi connectivity index (χ0v) is 10.5. The van der Waals surface area contributed by atoms with Gasteiger partial charge in [0.25, 0.3) is 10.1 Å². The fourth-order valence-corrected chi connectivity index (χ4v) is 2.31. The number of rotatable bonds is 5. The highest BCUT2D eigenvalue weighted by atomic mass is 32.2. The fraction of sp³-hybridized carbons (Fsp3) is 0.455. The van der Waals surface area contributed by atoms with Crippen LogP contribution in [0.2, 0.25) is 0 Å². The Kier molecular flexibility index (Phi) is 4.46. The van der Waals surface area contributed by atoms with Gasteiger partial charge in [0.05, 0.1) is 17.6 Å². The highest BCUT2D eigenvalue weighted by Crippen LogP contribution is 2.14. The minimum absolute atomic E-state index is 0.168. The summed E-state index contributed by atoms with van der Waals surface area (Å²) in [4.78, 5) is 0.168. The first-order valence-electron chi connectivity index (χ1n) is 4.94. The maximum Gasteiger partial charge on any atom is 0.297 e. The van der Waals surface area contributed by atoms with Crippen LogP contribution in [0.1, 0.15) is 12.5 Å². The molecule has 0 bridgehead atoms. The molecule has 90 valence electrons. The van der Waals surface area contributed by atoms with E-state index in [2.05, 4.69) is 0 Å². The molecule has 0 aliphatic rings. The van der Waals surface area contributed by atoms with Gasteiger partial charge < -0.3 is 4.74 Å². The number of hydrogen-bond donors (Lipinski definition) is 0. The van der Waals surface area contributed by atoms with Crippen molar-refractivity contribution in [2.24, 2.45) is 0 Å². The molecular weight excluding hydrogens is 228 g/mol. The summed E-state index contributed by atoms with van der Waals surface area (Å²) in [5, 5.41) is 0. The second-order valence-electron chi connectivity index (χ2n) is 3.63. The molecular formula is C11H16O4S. The number of aryl methyl sites for hydroxylation is 1. The Labute approximate surface area is 96.3 Å². The van der Waals surface area contributed by atoms with Gasteiger partial charge in [0.1, 0.15) is 0 Å². The summed E-state index contributed by atoms with van der Waals surface area (Å²) in [6.45, 7) is 3.78. The molecule has 1 atom stereocenters. The van der Waals surface area contributed by atoms with Crippen molar-refractivity contribution in [2.75, 3.05) is 13.7 Å². The monoisotopic (exact) mass is 244 g/mol. The van der Waals surface area contributed by atoms with Gasteiger partial charge in [0.2, 0.25) is 0 Å². The van der Waals surface area contributed by atoms with Crippen LogP contribution in [0, 0.1) is 6.92 Å². The largest absolute Gasteiger partial charge is 0.382 e. The molecule has 0 spiro atoms. The molecule has 0 saturated heterocycles. The molecule has 0 heterocycles. The van der Waals surface area contributed by atoms with Crippen LogP contribution in [-0.4, -0.2) is 28.2 Å². The van der Waals surface area contributed by atoms with Crippen LogP contribution in [0.15, 0.2) is 29.2 Å². The Bertz CT molecular complexity index is 422. The molecule has 5 heteroatoms. The average molecular weight is 244 g/mol. The van der Waals surface area contributed by atoms with Crippen molar-refractivity contribution in [1.82, 2.24) is 0 Å². The molecule has 0 aromatic heterocycles. The van der Waals surface area contributed by atoms with Crippen molar-refractivity contribution in [3.05, 3.63) is 29.8 Å². The lowest BCUT2D eigenvalue weighted by atomic mass is 10.2. The van der Waals surface area contributed by atoms with Gasteiger partial charge in [-0.1, -0.05) is 17.7 Å². The first kappa shape index (κ1) is 13.2. The molecule has 0 aliphatic heterocycles. The molecule has 1 aromatic carbocycles. The summed E-state index contributed by atoms with van der Waals surface area (Å²) in [7, 11) is -2.18. The molecule has 4 nitrogen and oxygen atoms in total. The summed E-state index contributed by atoms with van der Waals surface area (Å²) in [6, 6.07) is 6.53. The predicted octanol–water partition coefficient (Wildman–Crippen LogP) is 1.74. The van der Waals surface area contributed by atoms with Gasteiger partial charge >= 0.3 is 0 Å². The molecule has 1 rings (SSSR count). The summed E-state index contributed by atoms with van der Waals surface area (Å²) in [5.74, 6) is 0. The molecule has 0 saturated carbocycles. The molecule has 0 N–H and O–H groups in total. The number of ether oxygens (including phenoxy) is 1. The van der Waals surface area contributed by atoms with Crippen LogP contribution in [0.5, 0.6) is 0 Å². The van der Waals surface area contributed by atoms with E-state index in [1.807, 2.05) is 6.92 Å². The van der Waals surface area contributed by atoms with Crippen molar-refractivity contribution in [3.63, 3.8) is 0 Å². The molecule has 0 unspecified atom stereocenters. The van der Waals surface area contributed by atoms with Gasteiger partial charge in [-0.3, -0.25) is 4.18 Å². The molecule has 0 fully saturated rings. The highest BCUT2D eigenvalue weighted by Gasteiger charge is 2.18. The first-order chi connectivity index (χ1) is 7.45. The van der Waals surface area contributed by atoms with Gasteiger partial charge in [0, 0.05) is 7.11 Å². The van der Waals surface area contributed by atoms with E-state index in [0.29, 0.717) is 0 Å². The number of methoxy groups -OCH3 is 1. The normalized spacial score (nSPS) is 13.7. The Balaban J connectivity index is 2.82. The van der Waals surface area contributed by atoms with Gasteiger partial charge in [-0.25, -0.2) is 0 Å². The SMILES string of the molecule is COC[C@H](C)OS(=O)(=O)c1ccc(C)cc1. The summed E-state index contributed by atoms with van der Waals surface area (Å²) >= 11 is 0. The lowest BCUT2D eigenvalue weighted by Crippen LogP contribution is -2.19. The zero-order chi connectivity index (χ0) is 12.2. The number of benzene rings is 1. The van der Waals surface area contributed by atoms with Crippen LogP contribution in [0.25, 0.3) is 0 Å². The van der Waals surface area contributed by atoms with Gasteiger partial charge in [-0.15, -0.1) is 0 Å². The van der Waals surface area contributed by atoms with E-state index in [1.54, 1.807) is 19.1 Å². The van der Waals surface area contributed by atoms with Crippen LogP contribution in [0.4, 0.5) is 0 Å². The number of hydrogen-bond acceptors (Lipinski definition) is 4. The Hall–Kier alpha value is -0.910. The summed E-state index contributed by atoms with van der Waals surface area (Å²) in [6.07, 6.45) is -0.490. The van der Waals surface area contributed by atoms with Crippen LogP contribution in [-0.2, 0) is 19.0 Å². The van der Waals surface area contributed by atoms with Crippen molar-refractivity contribution in [2.45, 2.75) is 24.8 Å². The average Bonchev–Trinajstić information content (AvgIpc) is 2.17. The van der Waals surface area contributed by atoms with Crippen LogP contribution >= 0.6 is 0 Å². The first-order valence-corrected chi connectivity index (χ1v) is 6.35. The van der Waals surface area contributed by atoms with E-state index >= 15 is 0 Å². The molecule has 0 radical (unpaired) electrons. The molecule has 0 amide bonds. The third-order valence-corrected chi connectivity index (χ3v) is 3.43. The minimum atomic E-state index is -3.68. The van der Waals surface area contributed by atoms with E-state index < -0.39 is 16.2 Å². The van der Waals surface area contributed by atoms with E-state index in [4.69, 9.17) is 8.92 Å². The van der Waals surface area contributed by atoms with Gasteiger partial charge in [-0.2, -0.15) is 8.42 Å². The molecule has 0 aliphatic carbocycles. The third kappa shape index (κ3) is 3.59.